The molecule has 0 N–H and O–H groups in total. The molecule has 5 heteroatoms. The average molecular weight is 311 g/mol. The van der Waals surface area contributed by atoms with Crippen LogP contribution in [-0.2, 0) is 16.2 Å². The SMILES string of the molecule is COCC(C)(C)n1c(CCl)nc2c(OC(C)C)cccc21. The first-order chi connectivity index (χ1) is 9.90. The number of rotatable bonds is 6. The van der Waals surface area contributed by atoms with E-state index in [1.54, 1.807) is 7.11 Å². The molecular weight excluding hydrogens is 288 g/mol. The molecule has 2 aromatic rings. The summed E-state index contributed by atoms with van der Waals surface area (Å²) in [4.78, 5) is 4.68. The Balaban J connectivity index is 2.65. The summed E-state index contributed by atoms with van der Waals surface area (Å²) < 4.78 is 13.4. The van der Waals surface area contributed by atoms with Gasteiger partial charge in [0.15, 0.2) is 0 Å². The highest BCUT2D eigenvalue weighted by Crippen LogP contribution is 2.32. The van der Waals surface area contributed by atoms with Gasteiger partial charge < -0.3 is 14.0 Å². The van der Waals surface area contributed by atoms with Crippen LogP contribution in [0.2, 0.25) is 0 Å². The fraction of sp³-hybridized carbons (Fsp3) is 0.562. The summed E-state index contributed by atoms with van der Waals surface area (Å²) >= 11 is 6.10. The van der Waals surface area contributed by atoms with Crippen molar-refractivity contribution in [2.45, 2.75) is 45.2 Å². The lowest BCUT2D eigenvalue weighted by atomic mass is 10.1. The van der Waals surface area contributed by atoms with Crippen LogP contribution in [-0.4, -0.2) is 29.4 Å². The molecule has 4 nitrogen and oxygen atoms in total. The van der Waals surface area contributed by atoms with Crippen molar-refractivity contribution in [2.75, 3.05) is 13.7 Å². The molecule has 1 heterocycles. The van der Waals surface area contributed by atoms with E-state index in [1.807, 2.05) is 32.0 Å². The van der Waals surface area contributed by atoms with E-state index in [9.17, 15) is 0 Å². The van der Waals surface area contributed by atoms with Crippen LogP contribution in [0.4, 0.5) is 0 Å². The van der Waals surface area contributed by atoms with Gasteiger partial charge in [0.2, 0.25) is 0 Å². The highest BCUT2D eigenvalue weighted by molar-refractivity contribution is 6.16. The van der Waals surface area contributed by atoms with Gasteiger partial charge in [-0.1, -0.05) is 6.07 Å². The maximum Gasteiger partial charge on any atom is 0.147 e. The number of nitrogens with zero attached hydrogens (tertiary/aromatic N) is 2. The van der Waals surface area contributed by atoms with Crippen molar-refractivity contribution in [3.63, 3.8) is 0 Å². The smallest absolute Gasteiger partial charge is 0.147 e. The van der Waals surface area contributed by atoms with Gasteiger partial charge in [-0.3, -0.25) is 0 Å². The molecule has 1 aromatic heterocycles. The van der Waals surface area contributed by atoms with Crippen molar-refractivity contribution >= 4 is 22.6 Å². The molecule has 2 rings (SSSR count). The summed E-state index contributed by atoms with van der Waals surface area (Å²) in [5, 5.41) is 0. The lowest BCUT2D eigenvalue weighted by molar-refractivity contribution is 0.110. The number of alkyl halides is 1. The van der Waals surface area contributed by atoms with Crippen LogP contribution in [0.5, 0.6) is 5.75 Å². The minimum absolute atomic E-state index is 0.104. The Bertz CT molecular complexity index is 620. The third-order valence-electron chi connectivity index (χ3n) is 3.30. The first-order valence-electron chi connectivity index (χ1n) is 7.13. The van der Waals surface area contributed by atoms with Gasteiger partial charge in [0.25, 0.3) is 0 Å². The van der Waals surface area contributed by atoms with E-state index >= 15 is 0 Å². The van der Waals surface area contributed by atoms with Crippen LogP contribution >= 0.6 is 11.6 Å². The van der Waals surface area contributed by atoms with Crippen LogP contribution in [0, 0.1) is 0 Å². The zero-order chi connectivity index (χ0) is 15.6. The molecule has 0 spiro atoms. The summed E-state index contributed by atoms with van der Waals surface area (Å²) in [5.74, 6) is 1.97. The van der Waals surface area contributed by atoms with Gasteiger partial charge in [-0.05, 0) is 39.8 Å². The maximum atomic E-state index is 6.10. The average Bonchev–Trinajstić information content (AvgIpc) is 2.78. The molecule has 1 aromatic carbocycles. The van der Waals surface area contributed by atoms with Crippen molar-refractivity contribution in [1.29, 1.82) is 0 Å². The van der Waals surface area contributed by atoms with Crippen molar-refractivity contribution in [1.82, 2.24) is 9.55 Å². The number of ether oxygens (including phenoxy) is 2. The summed E-state index contributed by atoms with van der Waals surface area (Å²) in [6, 6.07) is 5.98. The number of imidazole rings is 1. The van der Waals surface area contributed by atoms with Gasteiger partial charge in [0.1, 0.15) is 17.1 Å². The molecule has 0 fully saturated rings. The number of hydrogen-bond acceptors (Lipinski definition) is 3. The first kappa shape index (κ1) is 16.1. The molecular formula is C16H23ClN2O2. The fourth-order valence-electron chi connectivity index (χ4n) is 2.65. The predicted octanol–water partition coefficient (Wildman–Crippen LogP) is 3.94. The molecule has 116 valence electrons. The molecule has 0 atom stereocenters. The molecule has 0 amide bonds. The van der Waals surface area contributed by atoms with Gasteiger partial charge in [-0.2, -0.15) is 0 Å². The van der Waals surface area contributed by atoms with Crippen molar-refractivity contribution in [3.8, 4) is 5.75 Å². The van der Waals surface area contributed by atoms with E-state index in [4.69, 9.17) is 21.1 Å². The summed E-state index contributed by atoms with van der Waals surface area (Å²) in [5.41, 5.74) is 1.64. The van der Waals surface area contributed by atoms with E-state index in [0.29, 0.717) is 12.5 Å². The third kappa shape index (κ3) is 3.16. The van der Waals surface area contributed by atoms with Crippen LogP contribution in [0.3, 0.4) is 0 Å². The summed E-state index contributed by atoms with van der Waals surface area (Å²) in [6.07, 6.45) is 0.104. The second-order valence-corrected chi connectivity index (χ2v) is 6.30. The van der Waals surface area contributed by atoms with Crippen molar-refractivity contribution in [3.05, 3.63) is 24.0 Å². The number of benzene rings is 1. The van der Waals surface area contributed by atoms with E-state index in [0.717, 1.165) is 22.6 Å². The van der Waals surface area contributed by atoms with Gasteiger partial charge in [-0.15, -0.1) is 11.6 Å². The molecule has 0 bridgehead atoms. The minimum atomic E-state index is -0.232. The number of methoxy groups -OCH3 is 1. The number of hydrogen-bond donors (Lipinski definition) is 0. The van der Waals surface area contributed by atoms with Crippen LogP contribution in [0.25, 0.3) is 11.0 Å². The normalized spacial score (nSPS) is 12.3. The van der Waals surface area contributed by atoms with Gasteiger partial charge >= 0.3 is 0 Å². The Morgan fingerprint density at radius 2 is 2.05 bits per heavy atom. The maximum absolute atomic E-state index is 6.10. The first-order valence-corrected chi connectivity index (χ1v) is 7.66. The molecule has 0 aliphatic heterocycles. The number of aromatic nitrogens is 2. The third-order valence-corrected chi connectivity index (χ3v) is 3.54. The molecule has 0 aliphatic carbocycles. The lowest BCUT2D eigenvalue weighted by Gasteiger charge is -2.28. The Kier molecular flexibility index (Phi) is 4.79. The van der Waals surface area contributed by atoms with Gasteiger partial charge in [0, 0.05) is 7.11 Å². The second kappa shape index (κ2) is 6.24. The lowest BCUT2D eigenvalue weighted by Crippen LogP contribution is -2.32. The summed E-state index contributed by atoms with van der Waals surface area (Å²) in [6.45, 7) is 8.82. The topological polar surface area (TPSA) is 36.3 Å². The standard InChI is InChI=1S/C16H23ClN2O2/c1-11(2)21-13-8-6-7-12-15(13)18-14(9-17)19(12)16(3,4)10-20-5/h6-8,11H,9-10H2,1-5H3. The van der Waals surface area contributed by atoms with Crippen LogP contribution in [0.15, 0.2) is 18.2 Å². The zero-order valence-corrected chi connectivity index (χ0v) is 14.1. The number of halogens is 1. The largest absolute Gasteiger partial charge is 0.489 e. The zero-order valence-electron chi connectivity index (χ0n) is 13.3. The Hall–Kier alpha value is -1.26. The Morgan fingerprint density at radius 3 is 2.62 bits per heavy atom. The van der Waals surface area contributed by atoms with Crippen LogP contribution in [0.1, 0.15) is 33.5 Å². The highest BCUT2D eigenvalue weighted by atomic mass is 35.5. The number of para-hydroxylation sites is 1. The minimum Gasteiger partial charge on any atom is -0.489 e. The quantitative estimate of drug-likeness (QED) is 0.758. The van der Waals surface area contributed by atoms with E-state index in [2.05, 4.69) is 23.4 Å². The monoisotopic (exact) mass is 310 g/mol. The fourth-order valence-corrected chi connectivity index (χ4v) is 2.83. The van der Waals surface area contributed by atoms with Gasteiger partial charge in [0.05, 0.1) is 29.6 Å². The Labute approximate surface area is 131 Å². The molecule has 21 heavy (non-hydrogen) atoms. The van der Waals surface area contributed by atoms with Crippen molar-refractivity contribution < 1.29 is 9.47 Å². The van der Waals surface area contributed by atoms with Crippen LogP contribution < -0.4 is 4.74 Å². The Morgan fingerprint density at radius 1 is 1.33 bits per heavy atom. The second-order valence-electron chi connectivity index (χ2n) is 6.03. The van der Waals surface area contributed by atoms with Crippen molar-refractivity contribution in [2.24, 2.45) is 0 Å². The van der Waals surface area contributed by atoms with E-state index in [1.165, 1.54) is 0 Å². The van der Waals surface area contributed by atoms with E-state index < -0.39 is 0 Å². The van der Waals surface area contributed by atoms with Gasteiger partial charge in [-0.25, -0.2) is 4.98 Å². The molecule has 0 aliphatic rings. The highest BCUT2D eigenvalue weighted by Gasteiger charge is 2.27. The number of fused-ring (bicyclic) bond motifs is 1. The summed E-state index contributed by atoms with van der Waals surface area (Å²) in [7, 11) is 1.70. The molecule has 0 saturated carbocycles. The molecule has 0 radical (unpaired) electrons. The van der Waals surface area contributed by atoms with E-state index in [-0.39, 0.29) is 11.6 Å². The molecule has 0 unspecified atom stereocenters. The molecule has 0 saturated heterocycles. The predicted molar refractivity (Wildman–Crippen MR) is 86.3 cm³/mol.